The van der Waals surface area contributed by atoms with E-state index in [0.717, 1.165) is 38.1 Å². The van der Waals surface area contributed by atoms with Crippen molar-refractivity contribution >= 4 is 33.8 Å². The van der Waals surface area contributed by atoms with Gasteiger partial charge in [-0.3, -0.25) is 4.79 Å². The number of methoxy groups -OCH3 is 1. The molecule has 2 rings (SSSR count). The molecule has 0 radical (unpaired) electrons. The van der Waals surface area contributed by atoms with Crippen LogP contribution in [0.1, 0.15) is 36.1 Å². The van der Waals surface area contributed by atoms with E-state index >= 15 is 0 Å². The van der Waals surface area contributed by atoms with Gasteiger partial charge in [0.25, 0.3) is 6.47 Å². The Bertz CT molecular complexity index is 835. The standard InChI is InChI=1S/C19H21BrN2O2.C2H4O2/c1-13-7-5-10-18(15(3)21-23-4)19(13)12-24-22-14(2)16-8-6-9-17(20)11-16;1-4-2-3/h5-11H,12H2,1-4H3;2H,1H3/b21-15-,22-14+;. The van der Waals surface area contributed by atoms with Gasteiger partial charge < -0.3 is 14.4 Å². The monoisotopic (exact) mass is 448 g/mol. The second kappa shape index (κ2) is 12.7. The van der Waals surface area contributed by atoms with E-state index in [0.29, 0.717) is 13.1 Å². The number of carbonyl (C=O) groups is 1. The van der Waals surface area contributed by atoms with Crippen LogP contribution >= 0.6 is 15.9 Å². The first kappa shape index (κ1) is 23.4. The summed E-state index contributed by atoms with van der Waals surface area (Å²) in [6, 6.07) is 14.0. The Morgan fingerprint density at radius 2 is 1.75 bits per heavy atom. The zero-order valence-electron chi connectivity index (χ0n) is 16.7. The Morgan fingerprint density at radius 1 is 1.07 bits per heavy atom. The van der Waals surface area contributed by atoms with Gasteiger partial charge in [-0.25, -0.2) is 0 Å². The molecule has 0 aromatic heterocycles. The number of hydrogen-bond donors (Lipinski definition) is 0. The highest BCUT2D eigenvalue weighted by Crippen LogP contribution is 2.18. The smallest absolute Gasteiger partial charge is 0.292 e. The van der Waals surface area contributed by atoms with Crippen molar-refractivity contribution in [1.82, 2.24) is 0 Å². The van der Waals surface area contributed by atoms with Gasteiger partial charge in [0, 0.05) is 21.2 Å². The lowest BCUT2D eigenvalue weighted by Crippen LogP contribution is -2.05. The summed E-state index contributed by atoms with van der Waals surface area (Å²) in [4.78, 5) is 19.4. The normalized spacial score (nSPS) is 11.2. The molecule has 0 spiro atoms. The van der Waals surface area contributed by atoms with E-state index in [1.54, 1.807) is 7.11 Å². The number of benzene rings is 2. The van der Waals surface area contributed by atoms with Gasteiger partial charge in [0.2, 0.25) is 0 Å². The van der Waals surface area contributed by atoms with Crippen molar-refractivity contribution in [3.05, 3.63) is 69.2 Å². The van der Waals surface area contributed by atoms with Gasteiger partial charge in [-0.05, 0) is 38.5 Å². The molecule has 2 aromatic rings. The molecule has 0 aliphatic carbocycles. The SMILES string of the molecule is CO/N=C(/C)c1cccc(C)c1CO/N=C(\C)c1cccc(Br)c1.COC=O. The van der Waals surface area contributed by atoms with Crippen LogP contribution in [-0.4, -0.2) is 32.1 Å². The molecule has 0 saturated heterocycles. The summed E-state index contributed by atoms with van der Waals surface area (Å²) in [7, 11) is 2.86. The second-order valence-electron chi connectivity index (χ2n) is 5.75. The van der Waals surface area contributed by atoms with E-state index in [-0.39, 0.29) is 0 Å². The third kappa shape index (κ3) is 7.52. The topological polar surface area (TPSA) is 69.5 Å². The van der Waals surface area contributed by atoms with Crippen LogP contribution in [0.4, 0.5) is 0 Å². The quantitative estimate of drug-likeness (QED) is 0.344. The van der Waals surface area contributed by atoms with Crippen LogP contribution in [0, 0.1) is 6.92 Å². The maximum Gasteiger partial charge on any atom is 0.292 e. The van der Waals surface area contributed by atoms with Crippen LogP contribution in [0.5, 0.6) is 0 Å². The number of nitrogens with zero attached hydrogens (tertiary/aromatic N) is 2. The molecule has 0 N–H and O–H groups in total. The summed E-state index contributed by atoms with van der Waals surface area (Å²) in [5.74, 6) is 0. The van der Waals surface area contributed by atoms with Crippen LogP contribution in [0.25, 0.3) is 0 Å². The van der Waals surface area contributed by atoms with Crippen molar-refractivity contribution in [2.24, 2.45) is 10.3 Å². The van der Waals surface area contributed by atoms with E-state index in [1.807, 2.05) is 63.2 Å². The molecule has 0 unspecified atom stereocenters. The van der Waals surface area contributed by atoms with Crippen LogP contribution < -0.4 is 0 Å². The molecule has 0 amide bonds. The van der Waals surface area contributed by atoms with Gasteiger partial charge in [-0.2, -0.15) is 0 Å². The number of carbonyl (C=O) groups excluding carboxylic acids is 1. The summed E-state index contributed by atoms with van der Waals surface area (Å²) >= 11 is 3.46. The molecule has 0 aliphatic heterocycles. The van der Waals surface area contributed by atoms with E-state index in [9.17, 15) is 0 Å². The van der Waals surface area contributed by atoms with E-state index in [2.05, 4.69) is 31.0 Å². The van der Waals surface area contributed by atoms with Gasteiger partial charge in [0.15, 0.2) is 0 Å². The summed E-state index contributed by atoms with van der Waals surface area (Å²) in [5, 5.41) is 8.26. The van der Waals surface area contributed by atoms with Gasteiger partial charge in [0.05, 0.1) is 18.5 Å². The maximum atomic E-state index is 8.95. The molecule has 0 fully saturated rings. The average molecular weight is 449 g/mol. The first-order valence-electron chi connectivity index (χ1n) is 8.50. The minimum absolute atomic E-state index is 0.375. The minimum Gasteiger partial charge on any atom is -0.471 e. The van der Waals surface area contributed by atoms with E-state index in [1.165, 1.54) is 7.11 Å². The highest BCUT2D eigenvalue weighted by atomic mass is 79.9. The number of aryl methyl sites for hydroxylation is 1. The highest BCUT2D eigenvalue weighted by Gasteiger charge is 2.09. The van der Waals surface area contributed by atoms with Crippen molar-refractivity contribution < 1.29 is 19.2 Å². The van der Waals surface area contributed by atoms with Crippen molar-refractivity contribution in [1.29, 1.82) is 0 Å². The van der Waals surface area contributed by atoms with Gasteiger partial charge in [-0.1, -0.05) is 56.6 Å². The zero-order valence-corrected chi connectivity index (χ0v) is 18.3. The maximum absolute atomic E-state index is 8.95. The Balaban J connectivity index is 0.000000892. The Morgan fingerprint density at radius 3 is 2.36 bits per heavy atom. The second-order valence-corrected chi connectivity index (χ2v) is 6.67. The molecule has 0 bridgehead atoms. The fourth-order valence-electron chi connectivity index (χ4n) is 2.38. The molecule has 7 heteroatoms. The molecular weight excluding hydrogens is 424 g/mol. The van der Waals surface area contributed by atoms with Crippen LogP contribution in [0.2, 0.25) is 0 Å². The first-order chi connectivity index (χ1) is 13.4. The number of rotatable bonds is 7. The molecule has 0 saturated carbocycles. The van der Waals surface area contributed by atoms with E-state index in [4.69, 9.17) is 14.5 Å². The van der Waals surface area contributed by atoms with Crippen molar-refractivity contribution in [3.8, 4) is 0 Å². The Hall–Kier alpha value is -2.67. The number of hydrogen-bond acceptors (Lipinski definition) is 6. The van der Waals surface area contributed by atoms with Crippen LogP contribution in [0.3, 0.4) is 0 Å². The molecule has 150 valence electrons. The lowest BCUT2D eigenvalue weighted by Gasteiger charge is -2.11. The Labute approximate surface area is 174 Å². The van der Waals surface area contributed by atoms with Gasteiger partial charge in [0.1, 0.15) is 13.7 Å². The fourth-order valence-corrected chi connectivity index (χ4v) is 2.78. The van der Waals surface area contributed by atoms with Gasteiger partial charge >= 0.3 is 0 Å². The number of halogens is 1. The molecule has 0 heterocycles. The third-order valence-corrected chi connectivity index (χ3v) is 4.27. The predicted octanol–water partition coefficient (Wildman–Crippen LogP) is 4.86. The number of oxime groups is 2. The summed E-state index contributed by atoms with van der Waals surface area (Å²) in [6.45, 7) is 6.65. The highest BCUT2D eigenvalue weighted by molar-refractivity contribution is 9.10. The van der Waals surface area contributed by atoms with Crippen molar-refractivity contribution in [2.75, 3.05) is 14.2 Å². The fraction of sp³-hybridized carbons (Fsp3) is 0.286. The lowest BCUT2D eigenvalue weighted by atomic mass is 10.00. The zero-order chi connectivity index (χ0) is 20.9. The summed E-state index contributed by atoms with van der Waals surface area (Å²) < 4.78 is 4.88. The Kier molecular flexibility index (Phi) is 10.6. The third-order valence-electron chi connectivity index (χ3n) is 3.78. The summed E-state index contributed by atoms with van der Waals surface area (Å²) in [6.07, 6.45) is 0. The molecule has 0 atom stereocenters. The largest absolute Gasteiger partial charge is 0.471 e. The molecule has 6 nitrogen and oxygen atoms in total. The predicted molar refractivity (Wildman–Crippen MR) is 115 cm³/mol. The first-order valence-corrected chi connectivity index (χ1v) is 9.29. The van der Waals surface area contributed by atoms with Crippen molar-refractivity contribution in [3.63, 3.8) is 0 Å². The van der Waals surface area contributed by atoms with E-state index < -0.39 is 0 Å². The van der Waals surface area contributed by atoms with Crippen LogP contribution in [-0.2, 0) is 25.8 Å². The van der Waals surface area contributed by atoms with Gasteiger partial charge in [-0.15, -0.1) is 0 Å². The summed E-state index contributed by atoms with van der Waals surface area (Å²) in [5.41, 5.74) is 5.86. The molecule has 2 aromatic carbocycles. The lowest BCUT2D eigenvalue weighted by molar-refractivity contribution is -0.126. The molecular formula is C21H25BrN2O4. The molecule has 0 aliphatic rings. The van der Waals surface area contributed by atoms with Crippen LogP contribution in [0.15, 0.2) is 57.2 Å². The van der Waals surface area contributed by atoms with Crippen molar-refractivity contribution in [2.45, 2.75) is 27.4 Å². The minimum atomic E-state index is 0.375. The molecule has 28 heavy (non-hydrogen) atoms. The average Bonchev–Trinajstić information content (AvgIpc) is 2.69. The number of ether oxygens (including phenoxy) is 1.